The van der Waals surface area contributed by atoms with E-state index in [1.807, 2.05) is 42.5 Å². The number of nitro benzene ring substituents is 1. The highest BCUT2D eigenvalue weighted by Gasteiger charge is 2.16. The first-order valence-corrected chi connectivity index (χ1v) is 8.63. The van der Waals surface area contributed by atoms with Gasteiger partial charge in [0.15, 0.2) is 12.4 Å². The lowest BCUT2D eigenvalue weighted by atomic mass is 10.2. The largest absolute Gasteiger partial charge is 0.477 e. The van der Waals surface area contributed by atoms with Crippen LogP contribution in [0.15, 0.2) is 71.9 Å². The number of hydrogen-bond donors (Lipinski definition) is 1. The number of carbonyl (C=O) groups excluding carboxylic acids is 1. The Morgan fingerprint density at radius 2 is 2.00 bits per heavy atom. The van der Waals surface area contributed by atoms with Gasteiger partial charge in [-0.25, -0.2) is 5.43 Å². The number of nitrogens with zero attached hydrogens (tertiary/aromatic N) is 2. The van der Waals surface area contributed by atoms with Gasteiger partial charge in [-0.3, -0.25) is 14.9 Å². The summed E-state index contributed by atoms with van der Waals surface area (Å²) in [7, 11) is 0. The average molecular weight is 400 g/mol. The minimum absolute atomic E-state index is 0.0452. The number of rotatable bonds is 8. The first kappa shape index (κ1) is 20.9. The van der Waals surface area contributed by atoms with Crippen molar-refractivity contribution in [3.8, 4) is 5.75 Å². The van der Waals surface area contributed by atoms with Gasteiger partial charge in [0.2, 0.25) is 0 Å². The van der Waals surface area contributed by atoms with Crippen LogP contribution in [0.4, 0.5) is 5.69 Å². The Morgan fingerprint density at radius 1 is 1.25 bits per heavy atom. The quantitative estimate of drug-likeness (QED) is 0.308. The summed E-state index contributed by atoms with van der Waals surface area (Å²) in [5, 5.41) is 15.1. The number of benzene rings is 2. The molecule has 0 atom stereocenters. The average Bonchev–Trinajstić information content (AvgIpc) is 2.69. The molecule has 0 radical (unpaired) electrons. The fraction of sp³-hybridized carbons (Fsp3) is 0.100. The lowest BCUT2D eigenvalue weighted by Gasteiger charge is -2.06. The Bertz CT molecular complexity index is 924. The highest BCUT2D eigenvalue weighted by atomic mass is 35.5. The summed E-state index contributed by atoms with van der Waals surface area (Å²) in [5.41, 5.74) is 3.66. The third kappa shape index (κ3) is 7.05. The minimum atomic E-state index is -0.630. The van der Waals surface area contributed by atoms with Crippen LogP contribution in [-0.2, 0) is 4.79 Å². The maximum absolute atomic E-state index is 11.8. The Kier molecular flexibility index (Phi) is 7.92. The maximum atomic E-state index is 11.8. The number of nitrogens with one attached hydrogen (secondary N) is 1. The number of nitro groups is 1. The third-order valence-electron chi connectivity index (χ3n) is 3.37. The Morgan fingerprint density at radius 3 is 2.71 bits per heavy atom. The third-order valence-corrected chi connectivity index (χ3v) is 3.61. The molecule has 144 valence electrons. The predicted octanol–water partition coefficient (Wildman–Crippen LogP) is 4.39. The molecule has 0 spiro atoms. The van der Waals surface area contributed by atoms with E-state index in [0.717, 1.165) is 11.6 Å². The number of ether oxygens (including phenoxy) is 1. The van der Waals surface area contributed by atoms with E-state index >= 15 is 0 Å². The molecule has 1 N–H and O–H groups in total. The molecular weight excluding hydrogens is 382 g/mol. The van der Waals surface area contributed by atoms with Crippen molar-refractivity contribution in [3.63, 3.8) is 0 Å². The van der Waals surface area contributed by atoms with Crippen LogP contribution in [0.25, 0.3) is 6.08 Å². The molecule has 2 aromatic rings. The lowest BCUT2D eigenvalue weighted by molar-refractivity contribution is -0.385. The van der Waals surface area contributed by atoms with E-state index in [-0.39, 0.29) is 16.5 Å². The second-order valence-corrected chi connectivity index (χ2v) is 6.01. The molecule has 0 aliphatic rings. The monoisotopic (exact) mass is 399 g/mol. The minimum Gasteiger partial charge on any atom is -0.477 e. The number of carbonyl (C=O) groups is 1. The topological polar surface area (TPSA) is 93.8 Å². The maximum Gasteiger partial charge on any atom is 0.312 e. The first-order valence-electron chi connectivity index (χ1n) is 8.25. The van der Waals surface area contributed by atoms with E-state index in [4.69, 9.17) is 16.3 Å². The molecule has 0 bridgehead atoms. The van der Waals surface area contributed by atoms with Crippen molar-refractivity contribution in [3.05, 3.63) is 87.5 Å². The van der Waals surface area contributed by atoms with Gasteiger partial charge in [0, 0.05) is 11.1 Å². The van der Waals surface area contributed by atoms with E-state index in [0.29, 0.717) is 5.71 Å². The number of halogens is 1. The molecule has 0 saturated heterocycles. The van der Waals surface area contributed by atoms with Gasteiger partial charge in [-0.05, 0) is 30.7 Å². The smallest absolute Gasteiger partial charge is 0.312 e. The molecular formula is C20H18ClN3O4. The van der Waals surface area contributed by atoms with E-state index in [1.165, 1.54) is 12.1 Å². The van der Waals surface area contributed by atoms with Crippen LogP contribution in [0.2, 0.25) is 5.02 Å². The second-order valence-electron chi connectivity index (χ2n) is 5.57. The van der Waals surface area contributed by atoms with Gasteiger partial charge in [0.05, 0.1) is 10.6 Å². The number of hydrogen-bond acceptors (Lipinski definition) is 5. The standard InChI is InChI=1S/C20H18ClN3O4/c1-15(7-5-6-10-16-8-3-2-4-9-16)22-23-20(25)14-28-19-12-11-17(21)13-18(19)24(26)27/h2-13H,14H2,1H3,(H,23,25)/b7-5+,10-6+,22-15+. The van der Waals surface area contributed by atoms with Gasteiger partial charge in [-0.2, -0.15) is 5.10 Å². The lowest BCUT2D eigenvalue weighted by Crippen LogP contribution is -2.25. The molecule has 8 heteroatoms. The van der Waals surface area contributed by atoms with Crippen molar-refractivity contribution in [2.24, 2.45) is 5.10 Å². The van der Waals surface area contributed by atoms with Gasteiger partial charge in [-0.15, -0.1) is 0 Å². The van der Waals surface area contributed by atoms with Crippen molar-refractivity contribution in [1.82, 2.24) is 5.43 Å². The molecule has 2 aromatic carbocycles. The van der Waals surface area contributed by atoms with Crippen molar-refractivity contribution in [1.29, 1.82) is 0 Å². The molecule has 2 rings (SSSR count). The van der Waals surface area contributed by atoms with E-state index in [2.05, 4.69) is 10.5 Å². The van der Waals surface area contributed by atoms with E-state index in [1.54, 1.807) is 19.1 Å². The van der Waals surface area contributed by atoms with Crippen LogP contribution < -0.4 is 10.2 Å². The summed E-state index contributed by atoms with van der Waals surface area (Å²) in [6.07, 6.45) is 7.32. The summed E-state index contributed by atoms with van der Waals surface area (Å²) in [6.45, 7) is 1.30. The predicted molar refractivity (Wildman–Crippen MR) is 109 cm³/mol. The van der Waals surface area contributed by atoms with E-state index in [9.17, 15) is 14.9 Å². The number of allylic oxidation sites excluding steroid dienone is 3. The summed E-state index contributed by atoms with van der Waals surface area (Å²) in [6, 6.07) is 13.8. The van der Waals surface area contributed by atoms with Crippen LogP contribution in [0.3, 0.4) is 0 Å². The van der Waals surface area contributed by atoms with E-state index < -0.39 is 17.4 Å². The van der Waals surface area contributed by atoms with Crippen LogP contribution in [-0.4, -0.2) is 23.1 Å². The molecule has 1 amide bonds. The van der Waals surface area contributed by atoms with Crippen LogP contribution in [0.1, 0.15) is 12.5 Å². The summed E-state index contributed by atoms with van der Waals surface area (Å²) in [4.78, 5) is 22.2. The summed E-state index contributed by atoms with van der Waals surface area (Å²) in [5.74, 6) is -0.590. The normalized spacial score (nSPS) is 11.7. The van der Waals surface area contributed by atoms with Crippen molar-refractivity contribution < 1.29 is 14.5 Å². The Hall–Kier alpha value is -3.45. The van der Waals surface area contributed by atoms with Crippen LogP contribution >= 0.6 is 11.6 Å². The van der Waals surface area contributed by atoms with Gasteiger partial charge in [0.1, 0.15) is 0 Å². The Labute approximate surface area is 167 Å². The number of hydrazone groups is 1. The molecule has 0 aliphatic carbocycles. The molecule has 0 heterocycles. The number of amides is 1. The van der Waals surface area contributed by atoms with Crippen molar-refractivity contribution in [2.75, 3.05) is 6.61 Å². The molecule has 0 saturated carbocycles. The highest BCUT2D eigenvalue weighted by Crippen LogP contribution is 2.29. The zero-order valence-corrected chi connectivity index (χ0v) is 15.8. The SMILES string of the molecule is CC(/C=C/C=C/c1ccccc1)=N\NC(=O)COc1ccc(Cl)cc1[N+](=O)[O-]. The van der Waals surface area contributed by atoms with Gasteiger partial charge in [-0.1, -0.05) is 60.2 Å². The van der Waals surface area contributed by atoms with Crippen LogP contribution in [0.5, 0.6) is 5.75 Å². The van der Waals surface area contributed by atoms with Crippen molar-refractivity contribution in [2.45, 2.75) is 6.92 Å². The van der Waals surface area contributed by atoms with Gasteiger partial charge in [0.25, 0.3) is 5.91 Å². The molecule has 0 aliphatic heterocycles. The molecule has 0 unspecified atom stereocenters. The van der Waals surface area contributed by atoms with Crippen LogP contribution in [0, 0.1) is 10.1 Å². The fourth-order valence-electron chi connectivity index (χ4n) is 2.04. The highest BCUT2D eigenvalue weighted by molar-refractivity contribution is 6.30. The molecule has 0 fully saturated rings. The van der Waals surface area contributed by atoms with Gasteiger partial charge >= 0.3 is 5.69 Å². The first-order chi connectivity index (χ1) is 13.5. The summed E-state index contributed by atoms with van der Waals surface area (Å²) >= 11 is 5.73. The van der Waals surface area contributed by atoms with Crippen molar-refractivity contribution >= 4 is 35.0 Å². The fourth-order valence-corrected chi connectivity index (χ4v) is 2.21. The second kappa shape index (κ2) is 10.6. The van der Waals surface area contributed by atoms with Gasteiger partial charge < -0.3 is 4.74 Å². The Balaban J connectivity index is 1.83. The molecule has 0 aromatic heterocycles. The molecule has 28 heavy (non-hydrogen) atoms. The summed E-state index contributed by atoms with van der Waals surface area (Å²) < 4.78 is 5.18. The zero-order valence-electron chi connectivity index (χ0n) is 15.0. The zero-order chi connectivity index (χ0) is 20.4. The molecule has 7 nitrogen and oxygen atoms in total.